The van der Waals surface area contributed by atoms with E-state index < -0.39 is 173 Å². The highest BCUT2D eigenvalue weighted by Gasteiger charge is 2.23. The molecule has 0 amide bonds. The Hall–Kier alpha value is -8.34. The van der Waals surface area contributed by atoms with Gasteiger partial charge in [0.2, 0.25) is 5.95 Å². The molecule has 0 radical (unpaired) electrons. The fourth-order valence-electron chi connectivity index (χ4n) is 7.50. The Morgan fingerprint density at radius 2 is 0.780 bits per heavy atom. The molecule has 4 aromatic heterocycles. The maximum absolute atomic E-state index is 9.39. The summed E-state index contributed by atoms with van der Waals surface area (Å²) in [6.07, 6.45) is 0. The lowest BCUT2D eigenvalue weighted by molar-refractivity contribution is 0.950. The summed E-state index contributed by atoms with van der Waals surface area (Å²) >= 11 is 0. The normalized spacial score (nSPS) is 17.2. The zero-order valence-electron chi connectivity index (χ0n) is 52.7. The van der Waals surface area contributed by atoms with Crippen molar-refractivity contribution >= 4 is 71.1 Å². The van der Waals surface area contributed by atoms with Gasteiger partial charge in [0.15, 0.2) is 17.3 Å². The lowest BCUT2D eigenvalue weighted by Crippen LogP contribution is -2.09. The Morgan fingerprint density at radius 1 is 0.407 bits per heavy atom. The van der Waals surface area contributed by atoms with Crippen LogP contribution in [0.3, 0.4) is 0 Å². The molecular weight excluding hydrogens is 723 g/mol. The van der Waals surface area contributed by atoms with Gasteiger partial charge < -0.3 is 9.13 Å². The van der Waals surface area contributed by atoms with Gasteiger partial charge >= 0.3 is 0 Å². The van der Waals surface area contributed by atoms with Crippen LogP contribution < -0.4 is 0 Å². The molecular formula is C52H31N7. The minimum atomic E-state index is -0.784. The molecule has 274 valence electrons. The predicted octanol–water partition coefficient (Wildman–Crippen LogP) is 13.0. The Labute approximate surface area is 370 Å². The van der Waals surface area contributed by atoms with Gasteiger partial charge in [-0.25, -0.2) is 9.83 Å². The van der Waals surface area contributed by atoms with Gasteiger partial charge in [-0.2, -0.15) is 9.97 Å². The maximum Gasteiger partial charge on any atom is 0.238 e. The van der Waals surface area contributed by atoms with E-state index in [1.165, 1.54) is 57.7 Å². The highest BCUT2D eigenvalue weighted by atomic mass is 15.2. The average molecular weight is 777 g/mol. The summed E-state index contributed by atoms with van der Waals surface area (Å²) in [4.78, 5) is 18.1. The second-order valence-electron chi connectivity index (χ2n) is 13.0. The first-order chi connectivity index (χ1) is 38.8. The standard InChI is InChI=1S/C52H31N7/c1-53-33-30-31-39-38-20-4-11-25-44(38)58(49(39)32-33)48-29-15-8-22-41(48)51-54-50(55-52(56-51)59-45-26-12-5-18-36(45)37-19-6-13-27-46(37)59)40-21-7-14-28-47(40)57-42-23-9-2-16-34(42)35-17-3-10-24-43(35)57/h2-32H/i2D,3D,4D,5D,6D,9D,10D,11D,12D,13D,16D,17D,18D,19D,20D,23D,24D,25D,26D,27D,30D,31D,32D. The van der Waals surface area contributed by atoms with Crippen molar-refractivity contribution in [1.82, 2.24) is 28.7 Å². The molecule has 0 saturated carbocycles. The molecule has 0 spiro atoms. The molecule has 0 bridgehead atoms. The summed E-state index contributed by atoms with van der Waals surface area (Å²) in [5.41, 5.74) is -2.92. The lowest BCUT2D eigenvalue weighted by atomic mass is 10.1. The highest BCUT2D eigenvalue weighted by Crippen LogP contribution is 2.40. The van der Waals surface area contributed by atoms with Crippen LogP contribution in [0.1, 0.15) is 31.5 Å². The molecule has 0 aliphatic carbocycles. The number of aromatic nitrogens is 6. The number of benzene rings is 8. The van der Waals surface area contributed by atoms with E-state index in [2.05, 4.69) is 4.85 Å². The van der Waals surface area contributed by atoms with Crippen molar-refractivity contribution < 1.29 is 31.5 Å². The molecule has 7 nitrogen and oxygen atoms in total. The minimum Gasteiger partial charge on any atom is -0.310 e. The van der Waals surface area contributed by atoms with E-state index in [0.717, 1.165) is 4.57 Å². The molecule has 0 aliphatic rings. The molecule has 0 N–H and O–H groups in total. The molecule has 4 heterocycles. The molecule has 8 aromatic carbocycles. The summed E-state index contributed by atoms with van der Waals surface area (Å²) in [5.74, 6) is -1.38. The van der Waals surface area contributed by atoms with Gasteiger partial charge in [-0.05, 0) is 60.5 Å². The third-order valence-corrected chi connectivity index (χ3v) is 9.92. The van der Waals surface area contributed by atoms with Gasteiger partial charge in [-0.1, -0.05) is 127 Å². The Morgan fingerprint density at radius 3 is 1.22 bits per heavy atom. The largest absolute Gasteiger partial charge is 0.310 e. The van der Waals surface area contributed by atoms with Crippen molar-refractivity contribution in [2.45, 2.75) is 0 Å². The van der Waals surface area contributed by atoms with Gasteiger partial charge in [-0.15, -0.1) is 0 Å². The topological polar surface area (TPSA) is 57.8 Å². The van der Waals surface area contributed by atoms with Gasteiger partial charge in [0.05, 0.1) is 75.7 Å². The number of hydrogen-bond donors (Lipinski definition) is 0. The third kappa shape index (κ3) is 4.90. The second kappa shape index (κ2) is 12.8. The molecule has 12 rings (SSSR count). The summed E-state index contributed by atoms with van der Waals surface area (Å²) in [7, 11) is 0. The lowest BCUT2D eigenvalue weighted by Gasteiger charge is -2.17. The number of fused-ring (bicyclic) bond motifs is 9. The molecule has 12 aromatic rings. The fraction of sp³-hybridized carbons (Fsp3) is 0. The van der Waals surface area contributed by atoms with Gasteiger partial charge in [0, 0.05) is 50.3 Å². The molecule has 0 unspecified atom stereocenters. The number of rotatable bonds is 5. The van der Waals surface area contributed by atoms with Gasteiger partial charge in [0.1, 0.15) is 0 Å². The Balaban J connectivity index is 1.30. The quantitative estimate of drug-likeness (QED) is 0.164. The van der Waals surface area contributed by atoms with Crippen molar-refractivity contribution in [2.24, 2.45) is 0 Å². The van der Waals surface area contributed by atoms with E-state index in [-0.39, 0.29) is 76.9 Å². The predicted molar refractivity (Wildman–Crippen MR) is 240 cm³/mol. The van der Waals surface area contributed by atoms with E-state index >= 15 is 0 Å². The number of nitrogens with zero attached hydrogens (tertiary/aromatic N) is 7. The molecule has 0 aliphatic heterocycles. The van der Waals surface area contributed by atoms with Crippen LogP contribution in [-0.2, 0) is 0 Å². The van der Waals surface area contributed by atoms with Crippen molar-refractivity contribution in [1.29, 1.82) is 0 Å². The Bertz CT molecular complexity index is 4900. The first-order valence-corrected chi connectivity index (χ1v) is 17.7. The second-order valence-corrected chi connectivity index (χ2v) is 13.0. The van der Waals surface area contributed by atoms with E-state index in [4.69, 9.17) is 44.8 Å². The average Bonchev–Trinajstić information content (AvgIpc) is 1.90. The SMILES string of the molecule is [2H]c1c([2H])c([2H])c2c(c1[2H])c1c([2H])c([2H])c([2H])c([2H])c1n2-c1nc(-c2ccccc2-n2c3c([2H])c([2H])c([2H])c([2H])c3c3c([2H])c([2H])c([2H])c([2H])c32)nc(-c2ccccc2-n2c3c([2H])c([2H])c([2H])c([2H])c3c3c([2H])c([2H])c([N+]#[C-])c([2H])c32)n1. The van der Waals surface area contributed by atoms with Crippen LogP contribution in [0.5, 0.6) is 0 Å². The van der Waals surface area contributed by atoms with E-state index in [1.54, 1.807) is 0 Å². The van der Waals surface area contributed by atoms with E-state index in [9.17, 15) is 8.22 Å². The van der Waals surface area contributed by atoms with Gasteiger partial charge in [0.25, 0.3) is 0 Å². The van der Waals surface area contributed by atoms with Crippen molar-refractivity contribution in [2.75, 3.05) is 0 Å². The third-order valence-electron chi connectivity index (χ3n) is 9.92. The summed E-state index contributed by atoms with van der Waals surface area (Å²) < 4.78 is 210. The molecule has 59 heavy (non-hydrogen) atoms. The van der Waals surface area contributed by atoms with Crippen LogP contribution in [0.2, 0.25) is 0 Å². The zero-order valence-corrected chi connectivity index (χ0v) is 29.7. The van der Waals surface area contributed by atoms with Crippen LogP contribution in [0, 0.1) is 6.57 Å². The van der Waals surface area contributed by atoms with Crippen LogP contribution in [-0.4, -0.2) is 28.7 Å². The Kier molecular flexibility index (Phi) is 3.80. The molecule has 0 saturated heterocycles. The summed E-state index contributed by atoms with van der Waals surface area (Å²) in [5, 5.41) is -1.81. The van der Waals surface area contributed by atoms with Crippen LogP contribution >= 0.6 is 0 Å². The van der Waals surface area contributed by atoms with Crippen molar-refractivity contribution in [3.8, 4) is 40.1 Å². The van der Waals surface area contributed by atoms with Crippen LogP contribution in [0.4, 0.5) is 5.69 Å². The molecule has 0 fully saturated rings. The van der Waals surface area contributed by atoms with E-state index in [1.807, 2.05) is 0 Å². The molecule has 7 heteroatoms. The highest BCUT2D eigenvalue weighted by molar-refractivity contribution is 6.12. The van der Waals surface area contributed by atoms with Crippen molar-refractivity contribution in [3.05, 3.63) is 199 Å². The number of hydrogen-bond acceptors (Lipinski definition) is 3. The maximum atomic E-state index is 9.39. The van der Waals surface area contributed by atoms with E-state index in [0.29, 0.717) is 0 Å². The fourth-order valence-corrected chi connectivity index (χ4v) is 7.50. The first-order valence-electron chi connectivity index (χ1n) is 29.2. The minimum absolute atomic E-state index is 0.0712. The summed E-state index contributed by atoms with van der Waals surface area (Å²) in [6.45, 7) is 7.96. The van der Waals surface area contributed by atoms with Crippen LogP contribution in [0.15, 0.2) is 188 Å². The monoisotopic (exact) mass is 776 g/mol. The molecule has 0 atom stereocenters. The number of para-hydroxylation sites is 7. The first kappa shape index (κ1) is 17.4. The zero-order chi connectivity index (χ0) is 59.0. The van der Waals surface area contributed by atoms with Crippen LogP contribution in [0.25, 0.3) is 110 Å². The van der Waals surface area contributed by atoms with Crippen molar-refractivity contribution in [3.63, 3.8) is 0 Å². The smallest absolute Gasteiger partial charge is 0.238 e. The van der Waals surface area contributed by atoms with Gasteiger partial charge in [-0.3, -0.25) is 4.57 Å². The summed E-state index contributed by atoms with van der Waals surface area (Å²) in [6, 6.07) is -4.21.